The summed E-state index contributed by atoms with van der Waals surface area (Å²) in [6.45, 7) is 33.7. The summed E-state index contributed by atoms with van der Waals surface area (Å²) < 4.78 is 3.74. The number of hydrogen-bond donors (Lipinski definition) is 0. The van der Waals surface area contributed by atoms with Crippen LogP contribution in [0.4, 0.5) is 0 Å². The van der Waals surface area contributed by atoms with E-state index in [4.69, 9.17) is 0 Å². The molecule has 6 rings (SSSR count). The van der Waals surface area contributed by atoms with E-state index in [-0.39, 0.29) is 46.5 Å². The van der Waals surface area contributed by atoms with Gasteiger partial charge in [-0.05, 0) is 0 Å². The molecule has 0 aliphatic heterocycles. The molecule has 0 saturated heterocycles. The molecule has 58 heavy (non-hydrogen) atoms. The third-order valence-corrected chi connectivity index (χ3v) is 20.6. The van der Waals surface area contributed by atoms with Crippen molar-refractivity contribution < 1.29 is 46.1 Å². The van der Waals surface area contributed by atoms with Gasteiger partial charge in [0.15, 0.2) is 0 Å². The average Bonchev–Trinajstić information content (AvgIpc) is 3.77. The largest absolute Gasteiger partial charge is 1.00 e. The average molecular weight is 895 g/mol. The Morgan fingerprint density at radius 3 is 1.21 bits per heavy atom. The summed E-state index contributed by atoms with van der Waals surface area (Å²) in [5.74, 6) is 0. The van der Waals surface area contributed by atoms with Gasteiger partial charge in [-0.15, -0.1) is 0 Å². The molecule has 4 aromatic carbocycles. The zero-order valence-electron chi connectivity index (χ0n) is 38.4. The Morgan fingerprint density at radius 1 is 0.534 bits per heavy atom. The van der Waals surface area contributed by atoms with Crippen LogP contribution in [0.1, 0.15) is 188 Å². The molecule has 3 heteroatoms. The van der Waals surface area contributed by atoms with Crippen molar-refractivity contribution in [3.63, 3.8) is 0 Å². The number of benzene rings is 4. The van der Waals surface area contributed by atoms with E-state index < -0.39 is 21.3 Å². The molecule has 0 fully saturated rings. The van der Waals surface area contributed by atoms with Crippen LogP contribution in [0.2, 0.25) is 0 Å². The second-order valence-electron chi connectivity index (χ2n) is 21.1. The summed E-state index contributed by atoms with van der Waals surface area (Å²) in [4.78, 5) is 0. The second-order valence-corrected chi connectivity index (χ2v) is 27.4. The summed E-state index contributed by atoms with van der Waals surface area (Å²) >= 11 is -2.91. The maximum atomic E-state index is 2.72. The molecule has 0 atom stereocenters. The first kappa shape index (κ1) is 48.4. The fourth-order valence-electron chi connectivity index (χ4n) is 9.19. The number of halogens is 2. The predicted molar refractivity (Wildman–Crippen MR) is 244 cm³/mol. The molecular formula is C55H72Cl2Zr. The van der Waals surface area contributed by atoms with E-state index in [1.807, 2.05) is 0 Å². The molecule has 0 saturated carbocycles. The van der Waals surface area contributed by atoms with E-state index in [2.05, 4.69) is 188 Å². The van der Waals surface area contributed by atoms with E-state index in [1.165, 1.54) is 81.3 Å². The zero-order valence-corrected chi connectivity index (χ0v) is 42.4. The van der Waals surface area contributed by atoms with Crippen LogP contribution in [0.3, 0.4) is 0 Å². The van der Waals surface area contributed by atoms with E-state index in [9.17, 15) is 0 Å². The van der Waals surface area contributed by atoms with Crippen molar-refractivity contribution in [3.05, 3.63) is 150 Å². The summed E-state index contributed by atoms with van der Waals surface area (Å²) in [5.41, 5.74) is 18.1. The Kier molecular flexibility index (Phi) is 15.6. The first-order valence-corrected chi connectivity index (χ1v) is 25.8. The van der Waals surface area contributed by atoms with Gasteiger partial charge in [-0.3, -0.25) is 0 Å². The van der Waals surface area contributed by atoms with Gasteiger partial charge in [0.05, 0.1) is 0 Å². The number of fused-ring (bicyclic) bond motifs is 3. The molecule has 0 unspecified atom stereocenters. The minimum absolute atomic E-state index is 0. The number of rotatable bonds is 10. The Morgan fingerprint density at radius 2 is 0.897 bits per heavy atom. The summed E-state index contributed by atoms with van der Waals surface area (Å²) in [6.07, 6.45) is 15.6. The molecule has 310 valence electrons. The van der Waals surface area contributed by atoms with Crippen LogP contribution in [0.15, 0.2) is 94.3 Å². The van der Waals surface area contributed by atoms with Crippen molar-refractivity contribution in [3.8, 4) is 11.1 Å². The number of allylic oxidation sites excluding steroid dienone is 4. The maximum absolute atomic E-state index is 2.91. The molecule has 0 bridgehead atoms. The Bertz CT molecular complexity index is 2010. The van der Waals surface area contributed by atoms with E-state index in [0.717, 1.165) is 19.3 Å². The van der Waals surface area contributed by atoms with Crippen LogP contribution in [-0.4, -0.2) is 3.21 Å². The molecule has 2 aliphatic rings. The Balaban J connectivity index is 0.00000372. The quantitative estimate of drug-likeness (QED) is 0.149. The first-order chi connectivity index (χ1) is 26.2. The second kappa shape index (κ2) is 18.8. The van der Waals surface area contributed by atoms with Gasteiger partial charge in [-0.25, -0.2) is 0 Å². The predicted octanol–water partition coefficient (Wildman–Crippen LogP) is 9.37. The molecular weight excluding hydrogens is 823 g/mol. The number of unbranched alkanes of at least 4 members (excludes halogenated alkanes) is 2. The topological polar surface area (TPSA) is 0 Å². The molecule has 0 nitrogen and oxygen atoms in total. The normalized spacial score (nSPS) is 13.9. The first-order valence-electron chi connectivity index (χ1n) is 21.9. The van der Waals surface area contributed by atoms with E-state index in [1.54, 1.807) is 17.6 Å². The maximum Gasteiger partial charge on any atom is -1.00 e. The SMILES string of the molecule is CCCCc1ccc([C](c2ccc(CCCC)cc2)=[Zr+2]([C]2=CC=CC2)[CH]2c3cc(C(C)(C)C)c(C(C)(C)C)cc3-c3cc(C(C)(C)C)c(C(C)(C)C)cc32)cc1.[Cl-].[Cl-]. The fourth-order valence-corrected chi connectivity index (χ4v) is 18.2. The van der Waals surface area contributed by atoms with Crippen LogP contribution < -0.4 is 24.8 Å². The van der Waals surface area contributed by atoms with Crippen molar-refractivity contribution in [1.82, 2.24) is 0 Å². The molecule has 0 amide bonds. The minimum atomic E-state index is -2.91. The third-order valence-electron chi connectivity index (χ3n) is 12.3. The van der Waals surface area contributed by atoms with Crippen LogP contribution in [0, 0.1) is 0 Å². The van der Waals surface area contributed by atoms with Crippen molar-refractivity contribution in [2.75, 3.05) is 0 Å². The molecule has 0 radical (unpaired) electrons. The van der Waals surface area contributed by atoms with Gasteiger partial charge in [0.25, 0.3) is 0 Å². The van der Waals surface area contributed by atoms with Crippen molar-refractivity contribution in [1.29, 1.82) is 0 Å². The van der Waals surface area contributed by atoms with E-state index >= 15 is 0 Å². The summed E-state index contributed by atoms with van der Waals surface area (Å²) in [5, 5.41) is 0. The van der Waals surface area contributed by atoms with Crippen LogP contribution in [0.5, 0.6) is 0 Å². The molecule has 4 aromatic rings. The number of hydrogen-bond acceptors (Lipinski definition) is 0. The van der Waals surface area contributed by atoms with Crippen LogP contribution in [0.25, 0.3) is 11.1 Å². The Labute approximate surface area is 374 Å². The van der Waals surface area contributed by atoms with Crippen molar-refractivity contribution in [2.24, 2.45) is 0 Å². The van der Waals surface area contributed by atoms with Crippen LogP contribution in [-0.2, 0) is 55.8 Å². The van der Waals surface area contributed by atoms with Crippen molar-refractivity contribution >= 4 is 3.21 Å². The minimum Gasteiger partial charge on any atom is -1.00 e. The standard InChI is InChI=1S/C29H41.C21H26.C5H5.2ClH.Zr/c1-26(2,3)22-14-18-13-19-15-23(27(4,5)6)25(29(10,11)12)17-21(19)20(18)16-24(22)28(7,8)9;1-3-5-7-18-9-13-20(14-10-18)17-21-15-11-19(12-16-21)8-6-4-2;1-2-4-5-3-1;;;/h13-17H,1-12H3;9-16H,3-8H2,1-2H3;1-3H,4H2;2*1H;/q;;;;;+2/p-2. The molecule has 0 N–H and O–H groups in total. The van der Waals surface area contributed by atoms with Crippen LogP contribution >= 0.6 is 0 Å². The van der Waals surface area contributed by atoms with Gasteiger partial charge in [-0.1, -0.05) is 0 Å². The molecule has 0 heterocycles. The van der Waals surface area contributed by atoms with Gasteiger partial charge in [0.2, 0.25) is 0 Å². The fraction of sp³-hybridized carbons (Fsp3) is 0.473. The summed E-state index contributed by atoms with van der Waals surface area (Å²) in [6, 6.07) is 30.5. The van der Waals surface area contributed by atoms with Gasteiger partial charge in [0.1, 0.15) is 0 Å². The zero-order chi connectivity index (χ0) is 40.8. The van der Waals surface area contributed by atoms with E-state index in [0.29, 0.717) is 3.63 Å². The molecule has 0 spiro atoms. The van der Waals surface area contributed by atoms with Gasteiger partial charge in [-0.2, -0.15) is 0 Å². The van der Waals surface area contributed by atoms with Gasteiger partial charge < -0.3 is 24.8 Å². The van der Waals surface area contributed by atoms with Gasteiger partial charge >= 0.3 is 353 Å². The number of aryl methyl sites for hydroxylation is 2. The Hall–Kier alpha value is -2.31. The van der Waals surface area contributed by atoms with Crippen molar-refractivity contribution in [2.45, 2.75) is 167 Å². The summed E-state index contributed by atoms with van der Waals surface area (Å²) in [7, 11) is 0. The molecule has 0 aromatic heterocycles. The van der Waals surface area contributed by atoms with Gasteiger partial charge in [0, 0.05) is 0 Å². The third kappa shape index (κ3) is 10.2. The smallest absolute Gasteiger partial charge is 1.00 e. The molecule has 2 aliphatic carbocycles. The monoisotopic (exact) mass is 892 g/mol.